The molecule has 42 heavy (non-hydrogen) atoms. The Morgan fingerprint density at radius 1 is 1.33 bits per heavy atom. The summed E-state index contributed by atoms with van der Waals surface area (Å²) in [6, 6.07) is 3.66. The monoisotopic (exact) mass is 601 g/mol. The molecule has 10 nitrogen and oxygen atoms in total. The number of benzene rings is 1. The van der Waals surface area contributed by atoms with E-state index in [1.54, 1.807) is 16.9 Å². The Balaban J connectivity index is 1.65. The summed E-state index contributed by atoms with van der Waals surface area (Å²) in [6.07, 6.45) is 2.03. The quantitative estimate of drug-likeness (QED) is 0.482. The summed E-state index contributed by atoms with van der Waals surface area (Å²) in [5.74, 6) is -1.17. The van der Waals surface area contributed by atoms with Crippen molar-refractivity contribution in [3.63, 3.8) is 0 Å². The summed E-state index contributed by atoms with van der Waals surface area (Å²) in [5, 5.41) is 10.6. The van der Waals surface area contributed by atoms with Gasteiger partial charge in [0.15, 0.2) is 5.75 Å². The van der Waals surface area contributed by atoms with Crippen molar-refractivity contribution in [3.05, 3.63) is 47.3 Å². The predicted octanol–water partition coefficient (Wildman–Crippen LogP) is 3.41. The molecule has 3 aliphatic rings. The zero-order valence-corrected chi connectivity index (χ0v) is 25.2. The Bertz CT molecular complexity index is 1380. The van der Waals surface area contributed by atoms with Crippen LogP contribution in [-0.4, -0.2) is 114 Å². The number of carbonyl (C=O) groups excluding carboxylic acids is 2. The van der Waals surface area contributed by atoms with E-state index in [1.165, 1.54) is 24.3 Å². The molecule has 1 aromatic carbocycles. The lowest BCUT2D eigenvalue weighted by atomic mass is 9.98. The van der Waals surface area contributed by atoms with Crippen LogP contribution in [0.5, 0.6) is 11.5 Å². The van der Waals surface area contributed by atoms with E-state index in [0.29, 0.717) is 32.1 Å². The summed E-state index contributed by atoms with van der Waals surface area (Å²) in [5.41, 5.74) is -0.433. The first-order valence-electron chi connectivity index (χ1n) is 14.0. The van der Waals surface area contributed by atoms with Crippen LogP contribution < -0.4 is 9.64 Å². The molecule has 1 aromatic heterocycles. The Labute approximate surface area is 250 Å². The van der Waals surface area contributed by atoms with Crippen LogP contribution in [0.3, 0.4) is 0 Å². The molecule has 0 saturated carbocycles. The number of carbonyl (C=O) groups is 2. The Hall–Kier alpha value is -3.41. The highest BCUT2D eigenvalue weighted by atomic mass is 35.5. The summed E-state index contributed by atoms with van der Waals surface area (Å²) < 4.78 is 26.7. The number of rotatable bonds is 7. The Morgan fingerprint density at radius 2 is 2.10 bits per heavy atom. The highest BCUT2D eigenvalue weighted by Gasteiger charge is 2.46. The van der Waals surface area contributed by atoms with Gasteiger partial charge < -0.3 is 29.3 Å². The number of halogens is 2. The third kappa shape index (κ3) is 5.29. The van der Waals surface area contributed by atoms with Gasteiger partial charge in [0.05, 0.1) is 18.2 Å². The topological polar surface area (TPSA) is 98.7 Å². The molecule has 2 amide bonds. The number of amides is 2. The SMILES string of the molecule is C=CC(=O)N1CCN2C(=O)c3c(N4C[C@@H](N(C)CCOC)CC4(C)C)nc(-c4c(O)cccc4F)c(Cl)c3OC[C@H]2C1. The van der Waals surface area contributed by atoms with Gasteiger partial charge in [-0.1, -0.05) is 24.2 Å². The van der Waals surface area contributed by atoms with Gasteiger partial charge in [0.1, 0.15) is 40.3 Å². The minimum atomic E-state index is -0.705. The van der Waals surface area contributed by atoms with Gasteiger partial charge in [0.25, 0.3) is 5.91 Å². The van der Waals surface area contributed by atoms with Crippen LogP contribution in [0.2, 0.25) is 5.02 Å². The first-order chi connectivity index (χ1) is 20.0. The lowest BCUT2D eigenvalue weighted by Gasteiger charge is -2.40. The number of likely N-dealkylation sites (N-methyl/N-ethyl adjacent to an activating group) is 1. The standard InChI is InChI=1S/C30H37ClFN5O5/c1-6-22(39)35-10-11-36-19(15-35)17-42-27-24(29(36)40)28(33-26(25(27)31)23-20(32)8-7-9-21(23)38)37-16-18(14-30(37,2)3)34(4)12-13-41-5/h6-9,18-19,38H,1,10-17H2,2-5H3/t18-,19+/m0/s1. The zero-order valence-electron chi connectivity index (χ0n) is 24.4. The normalized spacial score (nSPS) is 21.6. The number of hydrogen-bond acceptors (Lipinski definition) is 8. The number of nitrogens with zero attached hydrogens (tertiary/aromatic N) is 5. The van der Waals surface area contributed by atoms with Gasteiger partial charge in [-0.05, 0) is 45.5 Å². The largest absolute Gasteiger partial charge is 0.507 e. The van der Waals surface area contributed by atoms with E-state index >= 15 is 4.39 Å². The van der Waals surface area contributed by atoms with Crippen LogP contribution in [0, 0.1) is 5.82 Å². The number of phenolic OH excluding ortho intramolecular Hbond substituents is 1. The highest BCUT2D eigenvalue weighted by molar-refractivity contribution is 6.35. The summed E-state index contributed by atoms with van der Waals surface area (Å²) in [4.78, 5) is 39.1. The molecule has 0 radical (unpaired) electrons. The molecule has 2 atom stereocenters. The fourth-order valence-electron chi connectivity index (χ4n) is 6.18. The van der Waals surface area contributed by atoms with Gasteiger partial charge in [-0.3, -0.25) is 14.5 Å². The van der Waals surface area contributed by atoms with Crippen LogP contribution >= 0.6 is 11.6 Å². The average molecular weight is 602 g/mol. The lowest BCUT2D eigenvalue weighted by molar-refractivity contribution is -0.128. The lowest BCUT2D eigenvalue weighted by Crippen LogP contribution is -2.57. The number of hydrogen-bond donors (Lipinski definition) is 1. The molecule has 226 valence electrons. The fraction of sp³-hybridized carbons (Fsp3) is 0.500. The third-order valence-electron chi connectivity index (χ3n) is 8.55. The maximum absolute atomic E-state index is 15.2. The van der Waals surface area contributed by atoms with Gasteiger partial charge in [0, 0.05) is 51.4 Å². The molecule has 5 rings (SSSR count). The fourth-order valence-corrected chi connectivity index (χ4v) is 6.47. The van der Waals surface area contributed by atoms with E-state index in [2.05, 4.69) is 30.2 Å². The van der Waals surface area contributed by atoms with Crippen molar-refractivity contribution in [1.29, 1.82) is 0 Å². The average Bonchev–Trinajstić information content (AvgIpc) is 3.20. The summed E-state index contributed by atoms with van der Waals surface area (Å²) in [7, 11) is 3.70. The highest BCUT2D eigenvalue weighted by Crippen LogP contribution is 2.48. The number of anilines is 1. The molecule has 4 heterocycles. The maximum atomic E-state index is 15.2. The molecule has 2 aromatic rings. The molecule has 0 spiro atoms. The molecule has 0 bridgehead atoms. The third-order valence-corrected chi connectivity index (χ3v) is 8.90. The van der Waals surface area contributed by atoms with E-state index in [-0.39, 0.29) is 64.4 Å². The van der Waals surface area contributed by atoms with Gasteiger partial charge >= 0.3 is 0 Å². The van der Waals surface area contributed by atoms with E-state index in [0.717, 1.165) is 13.0 Å². The van der Waals surface area contributed by atoms with E-state index in [1.807, 2.05) is 7.05 Å². The second kappa shape index (κ2) is 11.7. The van der Waals surface area contributed by atoms with Crippen molar-refractivity contribution in [2.45, 2.75) is 37.9 Å². The molecular formula is C30H37ClFN5O5. The number of piperazine rings is 1. The molecule has 0 unspecified atom stereocenters. The number of phenols is 1. The maximum Gasteiger partial charge on any atom is 0.261 e. The van der Waals surface area contributed by atoms with Crippen molar-refractivity contribution in [2.75, 3.05) is 65.0 Å². The summed E-state index contributed by atoms with van der Waals surface area (Å²) >= 11 is 6.87. The molecular weight excluding hydrogens is 565 g/mol. The minimum absolute atomic E-state index is 0.0101. The number of methoxy groups -OCH3 is 1. The molecule has 2 fully saturated rings. The number of ether oxygens (including phenoxy) is 2. The van der Waals surface area contributed by atoms with Gasteiger partial charge in [-0.15, -0.1) is 0 Å². The number of aromatic nitrogens is 1. The van der Waals surface area contributed by atoms with Crippen molar-refractivity contribution in [1.82, 2.24) is 19.7 Å². The van der Waals surface area contributed by atoms with Gasteiger partial charge in [0.2, 0.25) is 5.91 Å². The first-order valence-corrected chi connectivity index (χ1v) is 14.4. The number of fused-ring (bicyclic) bond motifs is 2. The van der Waals surface area contributed by atoms with Crippen molar-refractivity contribution < 1.29 is 28.6 Å². The second-order valence-electron chi connectivity index (χ2n) is 11.6. The van der Waals surface area contributed by atoms with E-state index < -0.39 is 17.4 Å². The Morgan fingerprint density at radius 3 is 2.79 bits per heavy atom. The van der Waals surface area contributed by atoms with Crippen LogP contribution in [-0.2, 0) is 9.53 Å². The molecule has 3 aliphatic heterocycles. The van der Waals surface area contributed by atoms with Crippen LogP contribution in [0.15, 0.2) is 30.9 Å². The van der Waals surface area contributed by atoms with Crippen LogP contribution in [0.25, 0.3) is 11.3 Å². The number of pyridine rings is 1. The molecule has 1 N–H and O–H groups in total. The predicted molar refractivity (Wildman–Crippen MR) is 158 cm³/mol. The first kappa shape index (κ1) is 30.1. The van der Waals surface area contributed by atoms with Crippen molar-refractivity contribution >= 4 is 29.2 Å². The second-order valence-corrected chi connectivity index (χ2v) is 12.0. The molecule has 12 heteroatoms. The van der Waals surface area contributed by atoms with Gasteiger partial charge in [-0.25, -0.2) is 9.37 Å². The van der Waals surface area contributed by atoms with E-state index in [9.17, 15) is 14.7 Å². The number of aromatic hydroxyl groups is 1. The van der Waals surface area contributed by atoms with Crippen molar-refractivity contribution in [3.8, 4) is 22.8 Å². The molecule has 0 aliphatic carbocycles. The minimum Gasteiger partial charge on any atom is -0.507 e. The van der Waals surface area contributed by atoms with Crippen LogP contribution in [0.1, 0.15) is 30.6 Å². The molecule has 2 saturated heterocycles. The van der Waals surface area contributed by atoms with Gasteiger partial charge in [-0.2, -0.15) is 0 Å². The summed E-state index contributed by atoms with van der Waals surface area (Å²) in [6.45, 7) is 10.5. The van der Waals surface area contributed by atoms with E-state index in [4.69, 9.17) is 26.1 Å². The van der Waals surface area contributed by atoms with Crippen LogP contribution in [0.4, 0.5) is 10.2 Å². The Kier molecular flexibility index (Phi) is 8.37. The smallest absolute Gasteiger partial charge is 0.261 e. The zero-order chi connectivity index (χ0) is 30.3. The van der Waals surface area contributed by atoms with Crippen molar-refractivity contribution in [2.24, 2.45) is 0 Å².